The highest BCUT2D eigenvalue weighted by atomic mass is 16.3. The normalized spacial score (nSPS) is 35.7. The first-order valence-corrected chi connectivity index (χ1v) is 14.7. The SMILES string of the molecule is C[C@H](CCCC(C)(C)O)[C@H]1CCC2/C(=C/C=C3CC(O)C(CCCn4ncnn4)[C@H](O)C3)CCC[C@@]21C. The van der Waals surface area contributed by atoms with Gasteiger partial charge in [0.05, 0.1) is 24.4 Å². The fourth-order valence-electron chi connectivity index (χ4n) is 7.96. The summed E-state index contributed by atoms with van der Waals surface area (Å²) in [4.78, 5) is 1.56. The van der Waals surface area contributed by atoms with Crippen LogP contribution in [0.1, 0.15) is 105 Å². The number of fused-ring (bicyclic) bond motifs is 1. The summed E-state index contributed by atoms with van der Waals surface area (Å²) in [7, 11) is 0. The largest absolute Gasteiger partial charge is 0.392 e. The first kappa shape index (κ1) is 28.4. The van der Waals surface area contributed by atoms with Crippen LogP contribution in [0.15, 0.2) is 29.6 Å². The highest BCUT2D eigenvalue weighted by Crippen LogP contribution is 2.60. The molecule has 4 rings (SSSR count). The molecule has 3 unspecified atom stereocenters. The summed E-state index contributed by atoms with van der Waals surface area (Å²) in [5.74, 6) is 2.00. The van der Waals surface area contributed by atoms with Crippen molar-refractivity contribution in [2.24, 2.45) is 29.1 Å². The number of aryl methyl sites for hydroxylation is 1. The van der Waals surface area contributed by atoms with Gasteiger partial charge in [0.1, 0.15) is 0 Å². The molecule has 7 atom stereocenters. The number of allylic oxidation sites excluding steroid dienone is 3. The molecule has 0 spiro atoms. The molecule has 7 heteroatoms. The fourth-order valence-corrected chi connectivity index (χ4v) is 7.96. The molecule has 0 bridgehead atoms. The maximum absolute atomic E-state index is 10.8. The molecular weight excluding hydrogens is 464 g/mol. The van der Waals surface area contributed by atoms with Crippen LogP contribution >= 0.6 is 0 Å². The molecule has 3 fully saturated rings. The van der Waals surface area contributed by atoms with Gasteiger partial charge in [-0.15, -0.1) is 10.2 Å². The van der Waals surface area contributed by atoms with E-state index < -0.39 is 17.8 Å². The van der Waals surface area contributed by atoms with Gasteiger partial charge in [-0.05, 0) is 106 Å². The Labute approximate surface area is 223 Å². The molecule has 0 amide bonds. The van der Waals surface area contributed by atoms with Gasteiger partial charge < -0.3 is 15.3 Å². The topological polar surface area (TPSA) is 104 Å². The van der Waals surface area contributed by atoms with E-state index in [-0.39, 0.29) is 5.92 Å². The van der Waals surface area contributed by atoms with Gasteiger partial charge in [-0.25, -0.2) is 0 Å². The van der Waals surface area contributed by atoms with E-state index in [0.717, 1.165) is 31.6 Å². The Kier molecular flexibility index (Phi) is 9.29. The van der Waals surface area contributed by atoms with Crippen molar-refractivity contribution in [2.45, 2.75) is 129 Å². The molecule has 208 valence electrons. The Morgan fingerprint density at radius 2 is 1.92 bits per heavy atom. The number of tetrazole rings is 1. The fraction of sp³-hybridized carbons (Fsp3) is 0.833. The van der Waals surface area contributed by atoms with Crippen LogP contribution in [-0.4, -0.2) is 53.3 Å². The lowest BCUT2D eigenvalue weighted by atomic mass is 9.60. The Morgan fingerprint density at radius 3 is 2.59 bits per heavy atom. The summed E-state index contributed by atoms with van der Waals surface area (Å²) in [6.07, 6.45) is 17.4. The summed E-state index contributed by atoms with van der Waals surface area (Å²) in [6, 6.07) is 0. The van der Waals surface area contributed by atoms with E-state index in [1.807, 2.05) is 13.8 Å². The lowest BCUT2D eigenvalue weighted by molar-refractivity contribution is -0.0109. The number of hydrogen-bond acceptors (Lipinski definition) is 6. The highest BCUT2D eigenvalue weighted by molar-refractivity contribution is 5.26. The van der Waals surface area contributed by atoms with E-state index in [1.54, 1.807) is 10.4 Å². The number of aliphatic hydroxyl groups is 3. The number of aromatic nitrogens is 4. The molecule has 0 aliphatic heterocycles. The highest BCUT2D eigenvalue weighted by Gasteiger charge is 2.50. The quantitative estimate of drug-likeness (QED) is 0.395. The minimum Gasteiger partial charge on any atom is -0.392 e. The van der Waals surface area contributed by atoms with Gasteiger partial charge in [-0.3, -0.25) is 0 Å². The van der Waals surface area contributed by atoms with Crippen molar-refractivity contribution >= 4 is 0 Å². The van der Waals surface area contributed by atoms with Gasteiger partial charge in [0.15, 0.2) is 6.33 Å². The van der Waals surface area contributed by atoms with Crippen molar-refractivity contribution in [3.63, 3.8) is 0 Å². The van der Waals surface area contributed by atoms with Crippen LogP contribution in [0.2, 0.25) is 0 Å². The van der Waals surface area contributed by atoms with Gasteiger partial charge >= 0.3 is 0 Å². The molecular formula is C30H50N4O3. The molecule has 0 aromatic carbocycles. The average molecular weight is 515 g/mol. The van der Waals surface area contributed by atoms with Crippen LogP contribution in [0, 0.1) is 29.1 Å². The zero-order valence-corrected chi connectivity index (χ0v) is 23.5. The standard InChI is InChI=1S/C30H50N4O3/c1-21(8-5-15-29(2,3)37)25-13-14-26-23(9-6-16-30(25,26)4)12-11-22-18-27(35)24(28(36)19-22)10-7-17-34-32-20-31-33-34/h11-12,20-21,24-28,35-37H,5-10,13-19H2,1-4H3/b22-11?,23-12+/t21-,24?,25-,26?,27-,28?,30-/m1/s1. The Balaban J connectivity index is 1.33. The van der Waals surface area contributed by atoms with E-state index in [4.69, 9.17) is 0 Å². The zero-order chi connectivity index (χ0) is 26.6. The first-order valence-electron chi connectivity index (χ1n) is 14.7. The summed E-state index contributed by atoms with van der Waals surface area (Å²) in [5, 5.41) is 43.4. The molecule has 0 radical (unpaired) electrons. The van der Waals surface area contributed by atoms with Gasteiger partial charge in [0, 0.05) is 5.92 Å². The number of aliphatic hydroxyl groups excluding tert-OH is 2. The van der Waals surface area contributed by atoms with Crippen LogP contribution in [-0.2, 0) is 6.54 Å². The van der Waals surface area contributed by atoms with E-state index >= 15 is 0 Å². The van der Waals surface area contributed by atoms with Crippen molar-refractivity contribution in [3.8, 4) is 0 Å². The second kappa shape index (κ2) is 12.1. The molecule has 3 aliphatic rings. The predicted molar refractivity (Wildman–Crippen MR) is 145 cm³/mol. The summed E-state index contributed by atoms with van der Waals surface area (Å²) < 4.78 is 0. The predicted octanol–water partition coefficient (Wildman–Crippen LogP) is 5.23. The van der Waals surface area contributed by atoms with Crippen molar-refractivity contribution in [3.05, 3.63) is 29.6 Å². The molecule has 37 heavy (non-hydrogen) atoms. The van der Waals surface area contributed by atoms with Crippen LogP contribution in [0.5, 0.6) is 0 Å². The van der Waals surface area contributed by atoms with Crippen molar-refractivity contribution in [2.75, 3.05) is 0 Å². The number of nitrogens with zero attached hydrogens (tertiary/aromatic N) is 4. The maximum Gasteiger partial charge on any atom is 0.162 e. The molecule has 1 aromatic heterocycles. The van der Waals surface area contributed by atoms with Crippen LogP contribution in [0.25, 0.3) is 0 Å². The average Bonchev–Trinajstić information content (AvgIpc) is 3.46. The summed E-state index contributed by atoms with van der Waals surface area (Å²) in [6.45, 7) is 9.46. The van der Waals surface area contributed by atoms with Crippen molar-refractivity contribution in [1.82, 2.24) is 20.2 Å². The second-order valence-corrected chi connectivity index (χ2v) is 13.2. The molecule has 3 saturated carbocycles. The molecule has 3 aliphatic carbocycles. The van der Waals surface area contributed by atoms with Gasteiger partial charge in [-0.1, -0.05) is 50.0 Å². The number of rotatable bonds is 10. The van der Waals surface area contributed by atoms with Gasteiger partial charge in [0.2, 0.25) is 0 Å². The summed E-state index contributed by atoms with van der Waals surface area (Å²) >= 11 is 0. The van der Waals surface area contributed by atoms with Crippen LogP contribution < -0.4 is 0 Å². The number of hydrogen-bond donors (Lipinski definition) is 3. The van der Waals surface area contributed by atoms with Crippen molar-refractivity contribution < 1.29 is 15.3 Å². The summed E-state index contributed by atoms with van der Waals surface area (Å²) in [5.41, 5.74) is 2.56. The minimum atomic E-state index is -0.564. The molecule has 7 nitrogen and oxygen atoms in total. The Hall–Kier alpha value is -1.57. The third-order valence-corrected chi connectivity index (χ3v) is 9.92. The maximum atomic E-state index is 10.8. The van der Waals surface area contributed by atoms with E-state index in [2.05, 4.69) is 41.4 Å². The van der Waals surface area contributed by atoms with Crippen LogP contribution in [0.4, 0.5) is 0 Å². The van der Waals surface area contributed by atoms with E-state index in [0.29, 0.717) is 36.6 Å². The lowest BCUT2D eigenvalue weighted by Gasteiger charge is -2.44. The molecule has 3 N–H and O–H groups in total. The third kappa shape index (κ3) is 7.10. The molecule has 1 aromatic rings. The van der Waals surface area contributed by atoms with Gasteiger partial charge in [-0.2, -0.15) is 4.80 Å². The minimum absolute atomic E-state index is 0.0974. The molecule has 1 heterocycles. The lowest BCUT2D eigenvalue weighted by Crippen LogP contribution is -2.37. The zero-order valence-electron chi connectivity index (χ0n) is 23.5. The van der Waals surface area contributed by atoms with Crippen LogP contribution in [0.3, 0.4) is 0 Å². The van der Waals surface area contributed by atoms with E-state index in [9.17, 15) is 15.3 Å². The third-order valence-electron chi connectivity index (χ3n) is 9.92. The first-order chi connectivity index (χ1) is 17.6. The van der Waals surface area contributed by atoms with E-state index in [1.165, 1.54) is 50.4 Å². The van der Waals surface area contributed by atoms with Crippen molar-refractivity contribution in [1.29, 1.82) is 0 Å². The molecule has 0 saturated heterocycles. The van der Waals surface area contributed by atoms with Gasteiger partial charge in [0.25, 0.3) is 0 Å². The Morgan fingerprint density at radius 1 is 1.16 bits per heavy atom. The second-order valence-electron chi connectivity index (χ2n) is 13.2. The smallest absolute Gasteiger partial charge is 0.162 e. The monoisotopic (exact) mass is 514 g/mol. The Bertz CT molecular complexity index is 908.